The maximum absolute atomic E-state index is 13.0. The number of hydrogen-bond acceptors (Lipinski definition) is 5. The largest absolute Gasteiger partial charge is 0.458 e. The molecule has 28 heavy (non-hydrogen) atoms. The molecule has 0 amide bonds. The van der Waals surface area contributed by atoms with Crippen molar-refractivity contribution in [1.29, 1.82) is 0 Å². The van der Waals surface area contributed by atoms with Crippen LogP contribution in [0.4, 0.5) is 0 Å². The van der Waals surface area contributed by atoms with Gasteiger partial charge < -0.3 is 14.6 Å². The number of aliphatic hydroxyl groups is 1. The molecule has 3 saturated carbocycles. The molecule has 4 aliphatic carbocycles. The van der Waals surface area contributed by atoms with E-state index < -0.39 is 11.6 Å². The van der Waals surface area contributed by atoms with Gasteiger partial charge in [-0.25, -0.2) is 0 Å². The zero-order chi connectivity index (χ0) is 19.9. The third-order valence-corrected chi connectivity index (χ3v) is 9.33. The Kier molecular flexibility index (Phi) is 3.97. The van der Waals surface area contributed by atoms with Gasteiger partial charge in [0.1, 0.15) is 0 Å². The van der Waals surface area contributed by atoms with E-state index in [4.69, 9.17) is 9.47 Å². The van der Waals surface area contributed by atoms with Crippen molar-refractivity contribution in [2.24, 2.45) is 28.6 Å². The van der Waals surface area contributed by atoms with E-state index in [1.165, 1.54) is 12.5 Å². The summed E-state index contributed by atoms with van der Waals surface area (Å²) in [6.07, 6.45) is 9.14. The quantitative estimate of drug-likeness (QED) is 0.456. The first-order valence-electron chi connectivity index (χ1n) is 10.9. The monoisotopic (exact) mass is 388 g/mol. The Morgan fingerprint density at radius 2 is 2.04 bits per heavy atom. The summed E-state index contributed by atoms with van der Waals surface area (Å²) in [7, 11) is 0. The fraction of sp³-hybridized carbons (Fsp3) is 0.826. The van der Waals surface area contributed by atoms with E-state index in [0.717, 1.165) is 44.9 Å². The zero-order valence-corrected chi connectivity index (χ0v) is 17.2. The van der Waals surface area contributed by atoms with Gasteiger partial charge in [-0.1, -0.05) is 25.5 Å². The lowest BCUT2D eigenvalue weighted by Gasteiger charge is -2.58. The highest BCUT2D eigenvalue weighted by Gasteiger charge is 2.80. The lowest BCUT2D eigenvalue weighted by molar-refractivity contribution is -0.152. The van der Waals surface area contributed by atoms with Crippen molar-refractivity contribution in [2.75, 3.05) is 6.61 Å². The van der Waals surface area contributed by atoms with E-state index in [-0.39, 0.29) is 35.4 Å². The average Bonchev–Trinajstić information content (AvgIpc) is 3.32. The first-order chi connectivity index (χ1) is 13.2. The van der Waals surface area contributed by atoms with E-state index in [0.29, 0.717) is 17.8 Å². The molecule has 1 saturated heterocycles. The Balaban J connectivity index is 1.42. The van der Waals surface area contributed by atoms with Crippen molar-refractivity contribution in [3.05, 3.63) is 11.6 Å². The first kappa shape index (κ1) is 18.8. The number of aliphatic hydroxyl groups excluding tert-OH is 1. The zero-order valence-electron chi connectivity index (χ0n) is 17.2. The minimum absolute atomic E-state index is 0.00401. The van der Waals surface area contributed by atoms with Crippen LogP contribution in [-0.2, 0) is 19.1 Å². The Morgan fingerprint density at radius 3 is 2.79 bits per heavy atom. The van der Waals surface area contributed by atoms with Gasteiger partial charge in [0.05, 0.1) is 12.2 Å². The second-order valence-electron chi connectivity index (χ2n) is 10.4. The van der Waals surface area contributed by atoms with Gasteiger partial charge in [0, 0.05) is 12.3 Å². The van der Waals surface area contributed by atoms with Crippen molar-refractivity contribution in [3.63, 3.8) is 0 Å². The van der Waals surface area contributed by atoms with E-state index in [1.54, 1.807) is 0 Å². The number of carbonyl (C=O) groups is 2. The van der Waals surface area contributed by atoms with Gasteiger partial charge in [0.2, 0.25) is 5.78 Å². The van der Waals surface area contributed by atoms with Crippen LogP contribution in [0.15, 0.2) is 11.6 Å². The highest BCUT2D eigenvalue weighted by molar-refractivity contribution is 5.94. The summed E-state index contributed by atoms with van der Waals surface area (Å²) in [6.45, 7) is 5.84. The Hall–Kier alpha value is -1.20. The van der Waals surface area contributed by atoms with Gasteiger partial charge >= 0.3 is 5.97 Å². The number of rotatable bonds is 3. The summed E-state index contributed by atoms with van der Waals surface area (Å²) in [5.74, 6) is 1.24. The highest BCUT2D eigenvalue weighted by atomic mass is 16.6. The number of epoxide rings is 1. The average molecular weight is 389 g/mol. The number of carbonyl (C=O) groups excluding carboxylic acids is 2. The van der Waals surface area contributed by atoms with Crippen molar-refractivity contribution in [3.8, 4) is 0 Å². The summed E-state index contributed by atoms with van der Waals surface area (Å²) in [6, 6.07) is 0. The van der Waals surface area contributed by atoms with E-state index in [9.17, 15) is 14.7 Å². The van der Waals surface area contributed by atoms with Crippen LogP contribution in [0, 0.1) is 28.6 Å². The minimum Gasteiger partial charge on any atom is -0.458 e. The van der Waals surface area contributed by atoms with Crippen LogP contribution in [0.2, 0.25) is 0 Å². The van der Waals surface area contributed by atoms with Crippen molar-refractivity contribution >= 4 is 11.8 Å². The number of ketones is 1. The van der Waals surface area contributed by atoms with Gasteiger partial charge in [-0.15, -0.1) is 0 Å². The second kappa shape index (κ2) is 5.91. The molecule has 0 aromatic rings. The summed E-state index contributed by atoms with van der Waals surface area (Å²) in [5, 5.41) is 10.1. The molecule has 1 heterocycles. The molecule has 8 atom stereocenters. The number of allylic oxidation sites excluding steroid dienone is 1. The van der Waals surface area contributed by atoms with Crippen molar-refractivity contribution in [2.45, 2.75) is 83.5 Å². The predicted molar refractivity (Wildman–Crippen MR) is 102 cm³/mol. The molecule has 1 N–H and O–H groups in total. The third kappa shape index (κ3) is 2.26. The standard InChI is InChI=1S/C23H32O5/c1-13(24)27-12-19(26)23-20(28-23)11-18-16-5-4-14-10-15(25)6-8-21(14,2)17(16)7-9-22(18,23)3/h4,15-18,20,25H,5-12H2,1-3H3/t15-,16?,17?,18?,20+,21-,22-,23+/m0/s1. The van der Waals surface area contributed by atoms with Crippen LogP contribution in [0.25, 0.3) is 0 Å². The van der Waals surface area contributed by atoms with Crippen LogP contribution in [0.5, 0.6) is 0 Å². The summed E-state index contributed by atoms with van der Waals surface area (Å²) < 4.78 is 11.1. The molecule has 3 unspecified atom stereocenters. The number of hydrogen-bond donors (Lipinski definition) is 1. The molecule has 5 heteroatoms. The van der Waals surface area contributed by atoms with Crippen LogP contribution >= 0.6 is 0 Å². The van der Waals surface area contributed by atoms with Gasteiger partial charge in [0.25, 0.3) is 0 Å². The Bertz CT molecular complexity index is 758. The fourth-order valence-electron chi connectivity index (χ4n) is 7.83. The van der Waals surface area contributed by atoms with Gasteiger partial charge in [-0.2, -0.15) is 0 Å². The smallest absolute Gasteiger partial charge is 0.303 e. The molecule has 1 aliphatic heterocycles. The normalized spacial score (nSPS) is 51.1. The molecule has 0 bridgehead atoms. The van der Waals surface area contributed by atoms with Crippen LogP contribution in [0.1, 0.15) is 65.7 Å². The van der Waals surface area contributed by atoms with E-state index in [2.05, 4.69) is 19.9 Å². The van der Waals surface area contributed by atoms with Crippen LogP contribution in [-0.4, -0.2) is 41.3 Å². The summed E-state index contributed by atoms with van der Waals surface area (Å²) >= 11 is 0. The molecule has 0 aromatic heterocycles. The lowest BCUT2D eigenvalue weighted by Crippen LogP contribution is -2.55. The molecular formula is C23H32O5. The van der Waals surface area contributed by atoms with Gasteiger partial charge in [0.15, 0.2) is 12.2 Å². The number of esters is 1. The summed E-state index contributed by atoms with van der Waals surface area (Å²) in [5.41, 5.74) is 0.778. The SMILES string of the molecule is CC(=O)OCC(=O)[C@@]12O[C@@H]1CC1C3CC=C4C[C@@H](O)CC[C@]4(C)C3CC[C@@]12C. The third-order valence-electron chi connectivity index (χ3n) is 9.33. The Labute approximate surface area is 166 Å². The fourth-order valence-corrected chi connectivity index (χ4v) is 7.83. The molecule has 0 aromatic carbocycles. The number of ether oxygens (including phenoxy) is 2. The maximum Gasteiger partial charge on any atom is 0.303 e. The molecule has 5 nitrogen and oxygen atoms in total. The van der Waals surface area contributed by atoms with E-state index in [1.807, 2.05) is 0 Å². The molecule has 154 valence electrons. The maximum atomic E-state index is 13.0. The van der Waals surface area contributed by atoms with Gasteiger partial charge in [-0.05, 0) is 68.1 Å². The van der Waals surface area contributed by atoms with Crippen molar-refractivity contribution < 1.29 is 24.2 Å². The number of fused-ring (bicyclic) bond motifs is 7. The molecule has 5 aliphatic rings. The number of Topliss-reactive ketones (excluding diaryl/α,β-unsaturated/α-hetero) is 1. The predicted octanol–water partition coefficient (Wildman–Crippen LogP) is 3.19. The molecular weight excluding hydrogens is 356 g/mol. The topological polar surface area (TPSA) is 76.1 Å². The van der Waals surface area contributed by atoms with Crippen LogP contribution < -0.4 is 0 Å². The molecule has 5 rings (SSSR count). The minimum atomic E-state index is -0.730. The second-order valence-corrected chi connectivity index (χ2v) is 10.4. The summed E-state index contributed by atoms with van der Waals surface area (Å²) in [4.78, 5) is 24.2. The van der Waals surface area contributed by atoms with Gasteiger partial charge in [-0.3, -0.25) is 9.59 Å². The van der Waals surface area contributed by atoms with Crippen LogP contribution in [0.3, 0.4) is 0 Å². The van der Waals surface area contributed by atoms with E-state index >= 15 is 0 Å². The lowest BCUT2D eigenvalue weighted by atomic mass is 9.47. The highest BCUT2D eigenvalue weighted by Crippen LogP contribution is 2.73. The Morgan fingerprint density at radius 1 is 1.25 bits per heavy atom. The van der Waals surface area contributed by atoms with Crippen molar-refractivity contribution in [1.82, 2.24) is 0 Å². The molecule has 4 fully saturated rings. The molecule has 0 radical (unpaired) electrons. The molecule has 0 spiro atoms. The first-order valence-corrected chi connectivity index (χ1v) is 10.9.